The maximum atomic E-state index is 15.9. The molecule has 3 heterocycles. The lowest BCUT2D eigenvalue weighted by molar-refractivity contribution is -0.0282. The second-order valence-corrected chi connectivity index (χ2v) is 9.27. The van der Waals surface area contributed by atoms with Gasteiger partial charge in [0.15, 0.2) is 0 Å². The highest BCUT2D eigenvalue weighted by Crippen LogP contribution is 2.44. The topological polar surface area (TPSA) is 60.6 Å². The third-order valence-electron chi connectivity index (χ3n) is 7.26. The summed E-state index contributed by atoms with van der Waals surface area (Å²) in [5, 5.41) is 12.8. The monoisotopic (exact) mass is 413 g/mol. The highest BCUT2D eigenvalue weighted by molar-refractivity contribution is 5.18. The van der Waals surface area contributed by atoms with Crippen molar-refractivity contribution in [2.75, 3.05) is 33.8 Å². The zero-order valence-electron chi connectivity index (χ0n) is 17.8. The van der Waals surface area contributed by atoms with Crippen LogP contribution < -0.4 is 21.3 Å². The Labute approximate surface area is 173 Å². The molecule has 3 aliphatic heterocycles. The molecule has 0 radical (unpaired) electrons. The minimum atomic E-state index is -1.04. The van der Waals surface area contributed by atoms with Crippen LogP contribution in [0.5, 0.6) is 0 Å². The smallest absolute Gasteiger partial charge is 0.143 e. The summed E-state index contributed by atoms with van der Waals surface area (Å²) in [5.41, 5.74) is 1.22. The van der Waals surface area contributed by atoms with E-state index in [-0.39, 0.29) is 30.4 Å². The summed E-state index contributed by atoms with van der Waals surface area (Å²) >= 11 is 0. The number of alkyl halides is 2. The Morgan fingerprint density at radius 1 is 1.24 bits per heavy atom. The van der Waals surface area contributed by atoms with Gasteiger partial charge >= 0.3 is 0 Å². The van der Waals surface area contributed by atoms with Crippen LogP contribution in [0.3, 0.4) is 0 Å². The van der Waals surface area contributed by atoms with Crippen LogP contribution in [0.1, 0.15) is 32.6 Å². The molecule has 1 saturated carbocycles. The van der Waals surface area contributed by atoms with Crippen LogP contribution >= 0.6 is 0 Å². The molecule has 0 aromatic carbocycles. The molecule has 4 rings (SSSR count). The molecule has 0 amide bonds. The molecule has 8 heteroatoms. The van der Waals surface area contributed by atoms with Gasteiger partial charge < -0.3 is 15.0 Å². The molecule has 1 aliphatic carbocycles. The SMILES string of the molecule is CNC1NC(NC2CC3CCOC3C(C3=CCN(C)CCC3)C2F)NC(C)C1F. The molecule has 4 N–H and O–H groups in total. The van der Waals surface area contributed by atoms with E-state index in [0.29, 0.717) is 5.92 Å². The molecule has 0 aromatic heterocycles. The van der Waals surface area contributed by atoms with Crippen LogP contribution in [0.2, 0.25) is 0 Å². The fourth-order valence-corrected chi connectivity index (χ4v) is 5.61. The zero-order chi connectivity index (χ0) is 20.5. The first-order valence-corrected chi connectivity index (χ1v) is 11.2. The van der Waals surface area contributed by atoms with E-state index in [1.165, 1.54) is 5.57 Å². The highest BCUT2D eigenvalue weighted by Gasteiger charge is 2.50. The fourth-order valence-electron chi connectivity index (χ4n) is 5.61. The molecule has 166 valence electrons. The van der Waals surface area contributed by atoms with Gasteiger partial charge in [-0.25, -0.2) is 8.78 Å². The van der Waals surface area contributed by atoms with Gasteiger partial charge in [-0.05, 0) is 59.2 Å². The molecule has 2 saturated heterocycles. The molecule has 9 atom stereocenters. The van der Waals surface area contributed by atoms with Crippen molar-refractivity contribution in [1.82, 2.24) is 26.2 Å². The number of nitrogens with zero attached hydrogens (tertiary/aromatic N) is 1. The Morgan fingerprint density at radius 3 is 2.86 bits per heavy atom. The Morgan fingerprint density at radius 2 is 2.07 bits per heavy atom. The predicted molar refractivity (Wildman–Crippen MR) is 110 cm³/mol. The van der Waals surface area contributed by atoms with Crippen molar-refractivity contribution in [3.8, 4) is 0 Å². The van der Waals surface area contributed by atoms with E-state index in [1.807, 2.05) is 6.92 Å². The van der Waals surface area contributed by atoms with Gasteiger partial charge in [-0.2, -0.15) is 0 Å². The van der Waals surface area contributed by atoms with Gasteiger partial charge in [0.25, 0.3) is 0 Å². The number of fused-ring (bicyclic) bond motifs is 1. The van der Waals surface area contributed by atoms with E-state index < -0.39 is 18.5 Å². The van der Waals surface area contributed by atoms with Gasteiger partial charge in [0.05, 0.1) is 12.3 Å². The molecule has 3 fully saturated rings. The summed E-state index contributed by atoms with van der Waals surface area (Å²) in [7, 11) is 3.86. The lowest BCUT2D eigenvalue weighted by Gasteiger charge is -2.45. The first kappa shape index (κ1) is 21.6. The number of ether oxygens (including phenoxy) is 1. The Balaban J connectivity index is 1.49. The molecule has 4 aliphatic rings. The van der Waals surface area contributed by atoms with Crippen LogP contribution in [0.15, 0.2) is 11.6 Å². The minimum Gasteiger partial charge on any atom is -0.377 e. The van der Waals surface area contributed by atoms with Crippen molar-refractivity contribution in [2.24, 2.45) is 11.8 Å². The first-order chi connectivity index (χ1) is 14.0. The van der Waals surface area contributed by atoms with Crippen LogP contribution in [0.25, 0.3) is 0 Å². The summed E-state index contributed by atoms with van der Waals surface area (Å²) in [4.78, 5) is 2.29. The third-order valence-corrected chi connectivity index (χ3v) is 7.26. The summed E-state index contributed by atoms with van der Waals surface area (Å²) < 4.78 is 36.3. The summed E-state index contributed by atoms with van der Waals surface area (Å²) in [6.45, 7) is 4.47. The normalized spacial score (nSPS) is 46.8. The molecule has 0 bridgehead atoms. The maximum Gasteiger partial charge on any atom is 0.143 e. The van der Waals surface area contributed by atoms with E-state index in [9.17, 15) is 4.39 Å². The van der Waals surface area contributed by atoms with Crippen LogP contribution in [0, 0.1) is 11.8 Å². The van der Waals surface area contributed by atoms with E-state index in [0.717, 1.165) is 45.4 Å². The number of rotatable bonds is 4. The average molecular weight is 414 g/mol. The number of hydrogen-bond donors (Lipinski definition) is 4. The second-order valence-electron chi connectivity index (χ2n) is 9.27. The molecule has 6 nitrogen and oxygen atoms in total. The maximum absolute atomic E-state index is 15.9. The molecule has 0 aromatic rings. The van der Waals surface area contributed by atoms with E-state index in [1.54, 1.807) is 7.05 Å². The second kappa shape index (κ2) is 9.24. The quantitative estimate of drug-likeness (QED) is 0.518. The van der Waals surface area contributed by atoms with Gasteiger partial charge in [0.2, 0.25) is 0 Å². The predicted octanol–water partition coefficient (Wildman–Crippen LogP) is 1.11. The van der Waals surface area contributed by atoms with Crippen molar-refractivity contribution < 1.29 is 13.5 Å². The van der Waals surface area contributed by atoms with Crippen LogP contribution in [-0.2, 0) is 4.74 Å². The van der Waals surface area contributed by atoms with Gasteiger partial charge in [-0.15, -0.1) is 0 Å². The molecule has 9 unspecified atom stereocenters. The van der Waals surface area contributed by atoms with Crippen molar-refractivity contribution in [3.05, 3.63) is 11.6 Å². The summed E-state index contributed by atoms with van der Waals surface area (Å²) in [6, 6.07) is -0.595. The van der Waals surface area contributed by atoms with Gasteiger partial charge in [0.1, 0.15) is 18.6 Å². The van der Waals surface area contributed by atoms with Crippen molar-refractivity contribution in [1.29, 1.82) is 0 Å². The molecular weight excluding hydrogens is 376 g/mol. The average Bonchev–Trinajstić information content (AvgIpc) is 3.05. The van der Waals surface area contributed by atoms with Crippen LogP contribution in [0.4, 0.5) is 8.78 Å². The van der Waals surface area contributed by atoms with Gasteiger partial charge in [-0.3, -0.25) is 16.0 Å². The van der Waals surface area contributed by atoms with Gasteiger partial charge in [0, 0.05) is 31.2 Å². The van der Waals surface area contributed by atoms with E-state index in [4.69, 9.17) is 4.74 Å². The standard InChI is InChI=1S/C21H37F2N5O/c1-12-17(22)20(24-2)27-21(25-12)26-15-11-14-7-10-29-19(14)16(18(15)23)13-5-4-8-28(3)9-6-13/h6,12,14-21,24-27H,4-5,7-11H2,1-3H3. The largest absolute Gasteiger partial charge is 0.377 e. The first-order valence-electron chi connectivity index (χ1n) is 11.2. The number of hydrogen-bond acceptors (Lipinski definition) is 6. The summed E-state index contributed by atoms with van der Waals surface area (Å²) in [5.74, 6) is 0.191. The zero-order valence-corrected chi connectivity index (χ0v) is 17.8. The highest BCUT2D eigenvalue weighted by atomic mass is 19.1. The molecule has 0 spiro atoms. The van der Waals surface area contributed by atoms with Crippen molar-refractivity contribution in [2.45, 2.75) is 75.6 Å². The third kappa shape index (κ3) is 4.52. The Kier molecular flexibility index (Phi) is 6.88. The minimum absolute atomic E-state index is 0.0100. The van der Waals surface area contributed by atoms with Crippen molar-refractivity contribution >= 4 is 0 Å². The summed E-state index contributed by atoms with van der Waals surface area (Å²) in [6.07, 6.45) is 3.13. The van der Waals surface area contributed by atoms with E-state index >= 15 is 4.39 Å². The fraction of sp³-hybridized carbons (Fsp3) is 0.905. The van der Waals surface area contributed by atoms with Crippen molar-refractivity contribution in [3.63, 3.8) is 0 Å². The molecule has 29 heavy (non-hydrogen) atoms. The lowest BCUT2D eigenvalue weighted by atomic mass is 9.71. The molecular formula is C21H37F2N5O. The van der Waals surface area contributed by atoms with Gasteiger partial charge in [-0.1, -0.05) is 11.6 Å². The van der Waals surface area contributed by atoms with E-state index in [2.05, 4.69) is 39.3 Å². The number of nitrogens with one attached hydrogen (secondary N) is 4. The number of halogens is 2. The Hall–Kier alpha value is -0.640. The Bertz CT molecular complexity index is 593. The number of likely N-dealkylation sites (N-methyl/N-ethyl adjacent to an activating group) is 1. The lowest BCUT2D eigenvalue weighted by Crippen LogP contribution is -2.73. The van der Waals surface area contributed by atoms with Crippen LogP contribution in [-0.4, -0.2) is 81.7 Å².